The van der Waals surface area contributed by atoms with E-state index >= 15 is 0 Å². The Labute approximate surface area is 187 Å². The van der Waals surface area contributed by atoms with E-state index in [9.17, 15) is 19.5 Å². The molecule has 0 unspecified atom stereocenters. The monoisotopic (exact) mass is 448 g/mol. The van der Waals surface area contributed by atoms with Gasteiger partial charge in [-0.2, -0.15) is 0 Å². The minimum absolute atomic E-state index is 0.161. The van der Waals surface area contributed by atoms with Crippen molar-refractivity contribution in [1.29, 1.82) is 0 Å². The molecule has 176 valence electrons. The maximum absolute atomic E-state index is 13.5. The predicted molar refractivity (Wildman–Crippen MR) is 111 cm³/mol. The second-order valence-electron chi connectivity index (χ2n) is 9.89. The molecular weight excluding hydrogens is 416 g/mol. The van der Waals surface area contributed by atoms with E-state index in [1.54, 1.807) is 12.5 Å². The summed E-state index contributed by atoms with van der Waals surface area (Å²) < 4.78 is 22.3. The Hall–Kier alpha value is -2.19. The largest absolute Gasteiger partial charge is 0.472 e. The van der Waals surface area contributed by atoms with E-state index < -0.39 is 46.5 Å². The van der Waals surface area contributed by atoms with Gasteiger partial charge in [0.1, 0.15) is 24.4 Å². The molecule has 3 fully saturated rings. The lowest BCUT2D eigenvalue weighted by molar-refractivity contribution is -0.234. The second-order valence-corrected chi connectivity index (χ2v) is 9.89. The molecule has 1 aromatic heterocycles. The summed E-state index contributed by atoms with van der Waals surface area (Å²) in [5.41, 5.74) is -1.70. The molecule has 1 aromatic rings. The van der Waals surface area contributed by atoms with Crippen LogP contribution in [0.3, 0.4) is 0 Å². The Balaban J connectivity index is 1.78. The molecule has 7 atom stereocenters. The Kier molecular flexibility index (Phi) is 5.74. The molecule has 3 aliphatic rings. The number of epoxide rings is 1. The molecule has 4 rings (SSSR count). The molecule has 0 aromatic carbocycles. The molecular formula is C24H32O8. The van der Waals surface area contributed by atoms with Crippen LogP contribution in [0, 0.1) is 22.7 Å². The number of aliphatic hydroxyl groups excluding tert-OH is 1. The van der Waals surface area contributed by atoms with Gasteiger partial charge in [0.05, 0.1) is 24.5 Å². The first-order valence-corrected chi connectivity index (χ1v) is 11.3. The van der Waals surface area contributed by atoms with Gasteiger partial charge in [0.25, 0.3) is 0 Å². The van der Waals surface area contributed by atoms with Crippen LogP contribution in [-0.4, -0.2) is 53.9 Å². The molecule has 1 aliphatic heterocycles. The number of aliphatic hydroxyl groups is 1. The number of furan rings is 1. The summed E-state index contributed by atoms with van der Waals surface area (Å²) in [6, 6.07) is 1.91. The van der Waals surface area contributed by atoms with Crippen LogP contribution >= 0.6 is 0 Å². The van der Waals surface area contributed by atoms with Crippen molar-refractivity contribution in [3.8, 4) is 0 Å². The van der Waals surface area contributed by atoms with Crippen molar-refractivity contribution in [1.82, 2.24) is 0 Å². The number of hydrogen-bond donors (Lipinski definition) is 1. The van der Waals surface area contributed by atoms with Gasteiger partial charge in [0.15, 0.2) is 5.78 Å². The molecule has 0 radical (unpaired) electrons. The number of Topliss-reactive ketones (excluding diaryl/α,β-unsaturated/α-hetero) is 1. The van der Waals surface area contributed by atoms with Crippen LogP contribution in [0.1, 0.15) is 52.5 Å². The third kappa shape index (κ3) is 3.30. The highest BCUT2D eigenvalue weighted by atomic mass is 16.6. The first-order chi connectivity index (χ1) is 15.1. The summed E-state index contributed by atoms with van der Waals surface area (Å²) in [5, 5.41) is 11.4. The summed E-state index contributed by atoms with van der Waals surface area (Å²) in [4.78, 5) is 37.1. The average molecular weight is 449 g/mol. The van der Waals surface area contributed by atoms with Crippen LogP contribution in [0.2, 0.25) is 0 Å². The summed E-state index contributed by atoms with van der Waals surface area (Å²) in [6.45, 7) is 6.66. The van der Waals surface area contributed by atoms with Crippen molar-refractivity contribution in [3.63, 3.8) is 0 Å². The van der Waals surface area contributed by atoms with E-state index in [1.165, 1.54) is 13.8 Å². The summed E-state index contributed by atoms with van der Waals surface area (Å²) in [7, 11) is 0. The van der Waals surface area contributed by atoms with Crippen LogP contribution in [0.15, 0.2) is 23.0 Å². The second kappa shape index (κ2) is 7.99. The fraction of sp³-hybridized carbons (Fsp3) is 0.708. The van der Waals surface area contributed by atoms with Crippen molar-refractivity contribution >= 4 is 17.7 Å². The van der Waals surface area contributed by atoms with Crippen molar-refractivity contribution in [2.75, 3.05) is 13.2 Å². The minimum atomic E-state index is -1.38. The molecule has 2 heterocycles. The van der Waals surface area contributed by atoms with Crippen molar-refractivity contribution in [2.24, 2.45) is 22.7 Å². The quantitative estimate of drug-likeness (QED) is 0.521. The molecule has 2 saturated carbocycles. The number of fused-ring (bicyclic) bond motifs is 2. The molecule has 32 heavy (non-hydrogen) atoms. The zero-order chi connectivity index (χ0) is 23.3. The van der Waals surface area contributed by atoms with E-state index in [0.29, 0.717) is 25.7 Å². The summed E-state index contributed by atoms with van der Waals surface area (Å²) >= 11 is 0. The lowest BCUT2D eigenvalue weighted by Gasteiger charge is -2.62. The Morgan fingerprint density at radius 3 is 2.53 bits per heavy atom. The predicted octanol–water partition coefficient (Wildman–Crippen LogP) is 2.46. The van der Waals surface area contributed by atoms with Crippen LogP contribution in [0.25, 0.3) is 0 Å². The van der Waals surface area contributed by atoms with E-state index in [0.717, 1.165) is 5.56 Å². The number of carbonyl (C=O) groups excluding carboxylic acids is 3. The maximum Gasteiger partial charge on any atom is 0.303 e. The zero-order valence-electron chi connectivity index (χ0n) is 19.1. The van der Waals surface area contributed by atoms with E-state index in [4.69, 9.17) is 18.6 Å². The first-order valence-electron chi connectivity index (χ1n) is 11.3. The van der Waals surface area contributed by atoms with Crippen LogP contribution in [0.5, 0.6) is 0 Å². The molecule has 2 aliphatic carbocycles. The number of rotatable bonds is 6. The third-order valence-corrected chi connectivity index (χ3v) is 8.43. The first kappa shape index (κ1) is 23.0. The van der Waals surface area contributed by atoms with E-state index in [1.807, 2.05) is 13.0 Å². The van der Waals surface area contributed by atoms with Crippen LogP contribution < -0.4 is 0 Å². The number of hydrogen-bond acceptors (Lipinski definition) is 8. The highest BCUT2D eigenvalue weighted by Gasteiger charge is 2.79. The van der Waals surface area contributed by atoms with Gasteiger partial charge in [0, 0.05) is 19.8 Å². The molecule has 0 amide bonds. The normalized spacial score (nSPS) is 40.6. The highest BCUT2D eigenvalue weighted by molar-refractivity contribution is 5.88. The lowest BCUT2D eigenvalue weighted by atomic mass is 9.42. The molecule has 8 nitrogen and oxygen atoms in total. The van der Waals surface area contributed by atoms with Gasteiger partial charge in [-0.1, -0.05) is 13.8 Å². The van der Waals surface area contributed by atoms with Gasteiger partial charge >= 0.3 is 11.9 Å². The fourth-order valence-electron chi connectivity index (χ4n) is 6.51. The third-order valence-electron chi connectivity index (χ3n) is 8.43. The van der Waals surface area contributed by atoms with E-state index in [-0.39, 0.29) is 24.9 Å². The molecule has 1 spiro atoms. The van der Waals surface area contributed by atoms with Crippen molar-refractivity contribution < 1.29 is 38.1 Å². The number of ether oxygens (including phenoxy) is 3. The Bertz CT molecular complexity index is 888. The van der Waals surface area contributed by atoms with Crippen molar-refractivity contribution in [3.05, 3.63) is 24.2 Å². The topological polar surface area (TPSA) is 116 Å². The number of ketones is 1. The average Bonchev–Trinajstić information content (AvgIpc) is 3.36. The number of esters is 2. The fourth-order valence-corrected chi connectivity index (χ4v) is 6.51. The summed E-state index contributed by atoms with van der Waals surface area (Å²) in [6.07, 6.45) is 3.89. The van der Waals surface area contributed by atoms with Gasteiger partial charge in [-0.05, 0) is 48.6 Å². The number of aryl methyl sites for hydroxylation is 1. The number of carbonyl (C=O) groups is 3. The van der Waals surface area contributed by atoms with Gasteiger partial charge in [-0.25, -0.2) is 0 Å². The maximum atomic E-state index is 13.5. The molecule has 8 heteroatoms. The molecule has 0 bridgehead atoms. The SMILES string of the molecule is CC(=O)OC[C@@]12[C@H](CC[C@H](OC(C)=O)[C@]13CO3)[C@](C)(CCc1ccoc1)[C@H](C)C(=O)[C@@H]2O. The highest BCUT2D eigenvalue weighted by Crippen LogP contribution is 2.68. The lowest BCUT2D eigenvalue weighted by Crippen LogP contribution is -2.72. The van der Waals surface area contributed by atoms with Gasteiger partial charge < -0.3 is 23.7 Å². The molecule has 1 N–H and O–H groups in total. The molecule has 1 saturated heterocycles. The standard InChI is InChI=1S/C24H32O8/c1-14-20(27)21(28)23(12-30-15(2)25)18(22(14,4)9-7-17-8-10-29-11-17)5-6-19(32-16(3)26)24(23)13-31-24/h8,10-11,14,18-19,21,28H,5-7,9,12-13H2,1-4H3/t14-,18-,19+,21+,22-,23+,24-/m1/s1. The van der Waals surface area contributed by atoms with Crippen LogP contribution in [0.4, 0.5) is 0 Å². The minimum Gasteiger partial charge on any atom is -0.472 e. The van der Waals surface area contributed by atoms with E-state index in [2.05, 4.69) is 6.92 Å². The van der Waals surface area contributed by atoms with Crippen molar-refractivity contribution in [2.45, 2.75) is 71.2 Å². The van der Waals surface area contributed by atoms with Gasteiger partial charge in [-0.3, -0.25) is 14.4 Å². The Morgan fingerprint density at radius 1 is 1.25 bits per heavy atom. The summed E-state index contributed by atoms with van der Waals surface area (Å²) in [5.74, 6) is -1.82. The Morgan fingerprint density at radius 2 is 1.97 bits per heavy atom. The van der Waals surface area contributed by atoms with Gasteiger partial charge in [-0.15, -0.1) is 0 Å². The van der Waals surface area contributed by atoms with Gasteiger partial charge in [0.2, 0.25) is 0 Å². The zero-order valence-corrected chi connectivity index (χ0v) is 19.1. The smallest absolute Gasteiger partial charge is 0.303 e. The van der Waals surface area contributed by atoms with Crippen LogP contribution in [-0.2, 0) is 35.0 Å².